The fourth-order valence-corrected chi connectivity index (χ4v) is 4.26. The lowest BCUT2D eigenvalue weighted by molar-refractivity contribution is 0.381. The summed E-state index contributed by atoms with van der Waals surface area (Å²) in [6, 6.07) is 5.11. The van der Waals surface area contributed by atoms with Crippen LogP contribution in [0.2, 0.25) is 0 Å². The summed E-state index contributed by atoms with van der Waals surface area (Å²) >= 11 is 3.63. The zero-order chi connectivity index (χ0) is 14.0. The molecule has 0 aliphatic carbocycles. The average molecular weight is 294 g/mol. The fraction of sp³-hybridized carbons (Fsp3) is 0.533. The third-order valence-electron chi connectivity index (χ3n) is 3.28. The Morgan fingerprint density at radius 1 is 1.21 bits per heavy atom. The van der Waals surface area contributed by atoms with Gasteiger partial charge in [0.2, 0.25) is 0 Å². The minimum atomic E-state index is 0.348. The van der Waals surface area contributed by atoms with Crippen molar-refractivity contribution in [2.75, 3.05) is 0 Å². The van der Waals surface area contributed by atoms with E-state index in [0.29, 0.717) is 18.0 Å². The van der Waals surface area contributed by atoms with E-state index in [1.54, 1.807) is 11.3 Å². The third-order valence-corrected chi connectivity index (χ3v) is 5.49. The molecule has 4 heteroatoms. The highest BCUT2D eigenvalue weighted by Gasteiger charge is 2.21. The Morgan fingerprint density at radius 3 is 2.42 bits per heavy atom. The number of nitrogens with zero attached hydrogens (tertiary/aromatic N) is 1. The molecule has 0 aromatic carbocycles. The van der Waals surface area contributed by atoms with Crippen molar-refractivity contribution < 1.29 is 0 Å². The SMILES string of the molecule is Cc1nc(C)c(C(C)NC(c2cccs2)C(C)C)s1. The van der Waals surface area contributed by atoms with Gasteiger partial charge in [-0.05, 0) is 38.1 Å². The van der Waals surface area contributed by atoms with Crippen molar-refractivity contribution in [1.82, 2.24) is 10.3 Å². The maximum atomic E-state index is 4.53. The van der Waals surface area contributed by atoms with Crippen LogP contribution in [0.15, 0.2) is 17.5 Å². The Hall–Kier alpha value is -0.710. The van der Waals surface area contributed by atoms with Gasteiger partial charge in [0, 0.05) is 21.8 Å². The number of thiazole rings is 1. The van der Waals surface area contributed by atoms with Gasteiger partial charge in [0.1, 0.15) is 0 Å². The Kier molecular flexibility index (Phi) is 4.76. The number of hydrogen-bond acceptors (Lipinski definition) is 4. The van der Waals surface area contributed by atoms with Gasteiger partial charge < -0.3 is 5.32 Å². The lowest BCUT2D eigenvalue weighted by Crippen LogP contribution is -2.27. The van der Waals surface area contributed by atoms with Crippen LogP contribution < -0.4 is 5.32 Å². The monoisotopic (exact) mass is 294 g/mol. The summed E-state index contributed by atoms with van der Waals surface area (Å²) in [5.41, 5.74) is 1.16. The van der Waals surface area contributed by atoms with E-state index >= 15 is 0 Å². The largest absolute Gasteiger partial charge is 0.302 e. The Bertz CT molecular complexity index is 514. The predicted octanol–water partition coefficient (Wildman–Crippen LogP) is 4.87. The molecule has 2 rings (SSSR count). The molecule has 0 radical (unpaired) electrons. The second-order valence-electron chi connectivity index (χ2n) is 5.31. The first-order valence-corrected chi connectivity index (χ1v) is 8.42. The van der Waals surface area contributed by atoms with Crippen LogP contribution in [-0.2, 0) is 0 Å². The van der Waals surface area contributed by atoms with Crippen LogP contribution >= 0.6 is 22.7 Å². The van der Waals surface area contributed by atoms with Crippen LogP contribution in [0.1, 0.15) is 53.3 Å². The molecular formula is C15H22N2S2. The molecule has 2 unspecified atom stereocenters. The number of aromatic nitrogens is 1. The molecule has 19 heavy (non-hydrogen) atoms. The molecule has 0 spiro atoms. The molecule has 0 saturated heterocycles. The fourth-order valence-electron chi connectivity index (χ4n) is 2.37. The summed E-state index contributed by atoms with van der Waals surface area (Å²) in [4.78, 5) is 7.31. The highest BCUT2D eigenvalue weighted by molar-refractivity contribution is 7.11. The summed E-state index contributed by atoms with van der Waals surface area (Å²) in [6.07, 6.45) is 0. The second-order valence-corrected chi connectivity index (χ2v) is 7.52. The van der Waals surface area contributed by atoms with E-state index in [1.165, 1.54) is 9.75 Å². The van der Waals surface area contributed by atoms with E-state index in [9.17, 15) is 0 Å². The van der Waals surface area contributed by atoms with E-state index in [0.717, 1.165) is 10.7 Å². The molecule has 2 aromatic rings. The molecule has 2 aromatic heterocycles. The first kappa shape index (κ1) is 14.7. The summed E-state index contributed by atoms with van der Waals surface area (Å²) < 4.78 is 0. The van der Waals surface area contributed by atoms with Crippen molar-refractivity contribution in [3.8, 4) is 0 Å². The van der Waals surface area contributed by atoms with Crippen molar-refractivity contribution in [3.05, 3.63) is 38.0 Å². The topological polar surface area (TPSA) is 24.9 Å². The van der Waals surface area contributed by atoms with Crippen LogP contribution in [0, 0.1) is 19.8 Å². The molecule has 2 heterocycles. The molecular weight excluding hydrogens is 272 g/mol. The van der Waals surface area contributed by atoms with Gasteiger partial charge >= 0.3 is 0 Å². The summed E-state index contributed by atoms with van der Waals surface area (Å²) in [7, 11) is 0. The lowest BCUT2D eigenvalue weighted by Gasteiger charge is -2.25. The summed E-state index contributed by atoms with van der Waals surface area (Å²) in [5, 5.41) is 7.07. The van der Waals surface area contributed by atoms with Crippen LogP contribution in [0.5, 0.6) is 0 Å². The Balaban J connectivity index is 2.16. The molecule has 0 bridgehead atoms. The van der Waals surface area contributed by atoms with Crippen LogP contribution in [-0.4, -0.2) is 4.98 Å². The second kappa shape index (κ2) is 6.16. The van der Waals surface area contributed by atoms with Gasteiger partial charge in [0.05, 0.1) is 10.7 Å². The van der Waals surface area contributed by atoms with E-state index < -0.39 is 0 Å². The molecule has 1 N–H and O–H groups in total. The van der Waals surface area contributed by atoms with Gasteiger partial charge in [0.15, 0.2) is 0 Å². The smallest absolute Gasteiger partial charge is 0.0900 e. The molecule has 2 nitrogen and oxygen atoms in total. The molecule has 0 fully saturated rings. The van der Waals surface area contributed by atoms with Crippen molar-refractivity contribution in [2.24, 2.45) is 5.92 Å². The molecule has 0 saturated carbocycles. The van der Waals surface area contributed by atoms with Gasteiger partial charge in [-0.15, -0.1) is 22.7 Å². The van der Waals surface area contributed by atoms with E-state index in [2.05, 4.69) is 62.4 Å². The standard InChI is InChI=1S/C15H22N2S2/c1-9(2)14(13-7-6-8-18-13)17-11(4)15-10(3)16-12(5)19-15/h6-9,11,14,17H,1-5H3. The highest BCUT2D eigenvalue weighted by Crippen LogP contribution is 2.31. The molecule has 0 amide bonds. The summed E-state index contributed by atoms with van der Waals surface area (Å²) in [5.74, 6) is 0.579. The van der Waals surface area contributed by atoms with Crippen LogP contribution in [0.25, 0.3) is 0 Å². The van der Waals surface area contributed by atoms with Crippen molar-refractivity contribution in [2.45, 2.75) is 46.7 Å². The van der Waals surface area contributed by atoms with Gasteiger partial charge in [-0.2, -0.15) is 0 Å². The van der Waals surface area contributed by atoms with Gasteiger partial charge in [-0.1, -0.05) is 19.9 Å². The Morgan fingerprint density at radius 2 is 1.95 bits per heavy atom. The quantitative estimate of drug-likeness (QED) is 0.851. The number of rotatable bonds is 5. The predicted molar refractivity (Wildman–Crippen MR) is 85.0 cm³/mol. The van der Waals surface area contributed by atoms with Crippen molar-refractivity contribution in [1.29, 1.82) is 0 Å². The molecule has 0 aliphatic heterocycles. The minimum absolute atomic E-state index is 0.348. The number of thiophene rings is 1. The maximum absolute atomic E-state index is 4.53. The normalized spacial score (nSPS) is 14.8. The number of nitrogens with one attached hydrogen (secondary N) is 1. The van der Waals surface area contributed by atoms with Crippen molar-refractivity contribution in [3.63, 3.8) is 0 Å². The molecule has 0 aliphatic rings. The summed E-state index contributed by atoms with van der Waals surface area (Å²) in [6.45, 7) is 11.0. The lowest BCUT2D eigenvalue weighted by atomic mass is 10.0. The first-order valence-electron chi connectivity index (χ1n) is 6.72. The van der Waals surface area contributed by atoms with Gasteiger partial charge in [-0.3, -0.25) is 0 Å². The van der Waals surface area contributed by atoms with Gasteiger partial charge in [0.25, 0.3) is 0 Å². The van der Waals surface area contributed by atoms with E-state index in [4.69, 9.17) is 0 Å². The molecule has 2 atom stereocenters. The maximum Gasteiger partial charge on any atom is 0.0900 e. The van der Waals surface area contributed by atoms with Gasteiger partial charge in [-0.25, -0.2) is 4.98 Å². The number of hydrogen-bond donors (Lipinski definition) is 1. The first-order chi connectivity index (χ1) is 8.99. The van der Waals surface area contributed by atoms with E-state index in [-0.39, 0.29) is 0 Å². The van der Waals surface area contributed by atoms with E-state index in [1.807, 2.05) is 11.3 Å². The average Bonchev–Trinajstić information content (AvgIpc) is 2.95. The molecule has 104 valence electrons. The van der Waals surface area contributed by atoms with Crippen molar-refractivity contribution >= 4 is 22.7 Å². The zero-order valence-corrected chi connectivity index (χ0v) is 13.9. The number of aryl methyl sites for hydroxylation is 2. The third kappa shape index (κ3) is 3.44. The zero-order valence-electron chi connectivity index (χ0n) is 12.2. The Labute approximate surface area is 123 Å². The van der Waals surface area contributed by atoms with Crippen LogP contribution in [0.3, 0.4) is 0 Å². The highest BCUT2D eigenvalue weighted by atomic mass is 32.1. The minimum Gasteiger partial charge on any atom is -0.302 e. The van der Waals surface area contributed by atoms with Crippen LogP contribution in [0.4, 0.5) is 0 Å².